The fraction of sp³-hybridized carbons (Fsp3) is 0.900. The van der Waals surface area contributed by atoms with E-state index in [1.54, 1.807) is 0 Å². The minimum absolute atomic E-state index is 0.405. The molecule has 0 aromatic carbocycles. The van der Waals surface area contributed by atoms with E-state index in [4.69, 9.17) is 0 Å². The Morgan fingerprint density at radius 1 is 0.562 bits per heavy atom. The molecule has 1 saturated heterocycles. The first-order valence-corrected chi connectivity index (χ1v) is 14.8. The Morgan fingerprint density at radius 2 is 0.938 bits per heavy atom. The normalized spacial score (nSPS) is 14.1. The van der Waals surface area contributed by atoms with Gasteiger partial charge < -0.3 is 4.90 Å². The number of allylic oxidation sites excluding steroid dienone is 2. The zero-order valence-corrected chi connectivity index (χ0v) is 21.9. The van der Waals surface area contributed by atoms with E-state index in [0.717, 1.165) is 25.9 Å². The largest absolute Gasteiger partial charge is 0.343 e. The first kappa shape index (κ1) is 29.2. The van der Waals surface area contributed by atoms with Crippen LogP contribution in [0.15, 0.2) is 12.2 Å². The van der Waals surface area contributed by atoms with Crippen LogP contribution in [-0.4, -0.2) is 23.9 Å². The Bertz CT molecular complexity index is 425. The molecule has 0 unspecified atom stereocenters. The molecule has 0 atom stereocenters. The van der Waals surface area contributed by atoms with E-state index in [9.17, 15) is 4.79 Å². The van der Waals surface area contributed by atoms with Gasteiger partial charge in [-0.05, 0) is 44.9 Å². The monoisotopic (exact) mass is 447 g/mol. The standard InChI is InChI=1S/C30H57NO/c1-2-3-4-5-6-7-8-9-10-11-12-13-14-15-16-17-18-19-20-21-22-23-24-27-30(32)31-28-25-26-29-31/h9-10H,2-8,11-29H2,1H3/b10-9-. The van der Waals surface area contributed by atoms with E-state index in [1.165, 1.54) is 141 Å². The minimum Gasteiger partial charge on any atom is -0.343 e. The van der Waals surface area contributed by atoms with Crippen molar-refractivity contribution >= 4 is 5.91 Å². The van der Waals surface area contributed by atoms with Crippen molar-refractivity contribution in [3.63, 3.8) is 0 Å². The van der Waals surface area contributed by atoms with Crippen LogP contribution in [0.5, 0.6) is 0 Å². The van der Waals surface area contributed by atoms with E-state index in [1.807, 2.05) is 0 Å². The summed E-state index contributed by atoms with van der Waals surface area (Å²) in [6.45, 7) is 4.31. The number of hydrogen-bond donors (Lipinski definition) is 0. The Hall–Kier alpha value is -0.790. The average molecular weight is 448 g/mol. The molecule has 0 saturated carbocycles. The zero-order valence-electron chi connectivity index (χ0n) is 21.9. The number of carbonyl (C=O) groups is 1. The number of hydrogen-bond acceptors (Lipinski definition) is 1. The molecule has 2 nitrogen and oxygen atoms in total. The number of rotatable bonds is 23. The van der Waals surface area contributed by atoms with E-state index in [2.05, 4.69) is 24.0 Å². The quantitative estimate of drug-likeness (QED) is 0.113. The molecule has 1 amide bonds. The van der Waals surface area contributed by atoms with Crippen LogP contribution in [0.1, 0.15) is 161 Å². The maximum Gasteiger partial charge on any atom is 0.222 e. The van der Waals surface area contributed by atoms with Gasteiger partial charge >= 0.3 is 0 Å². The van der Waals surface area contributed by atoms with Gasteiger partial charge in [0, 0.05) is 19.5 Å². The van der Waals surface area contributed by atoms with E-state index < -0.39 is 0 Å². The van der Waals surface area contributed by atoms with Crippen LogP contribution >= 0.6 is 0 Å². The van der Waals surface area contributed by atoms with Crippen molar-refractivity contribution in [2.24, 2.45) is 0 Å². The topological polar surface area (TPSA) is 20.3 Å². The second-order valence-corrected chi connectivity index (χ2v) is 10.3. The molecule has 0 bridgehead atoms. The van der Waals surface area contributed by atoms with Gasteiger partial charge in [-0.1, -0.05) is 122 Å². The second-order valence-electron chi connectivity index (χ2n) is 10.3. The van der Waals surface area contributed by atoms with Gasteiger partial charge in [0.05, 0.1) is 0 Å². The third-order valence-electron chi connectivity index (χ3n) is 7.11. The van der Waals surface area contributed by atoms with Gasteiger partial charge in [0.1, 0.15) is 0 Å². The lowest BCUT2D eigenvalue weighted by molar-refractivity contribution is -0.130. The molecule has 32 heavy (non-hydrogen) atoms. The maximum atomic E-state index is 12.0. The highest BCUT2D eigenvalue weighted by Gasteiger charge is 2.16. The number of unbranched alkanes of at least 4 members (excludes halogenated alkanes) is 19. The molecule has 1 fully saturated rings. The Morgan fingerprint density at radius 3 is 1.38 bits per heavy atom. The van der Waals surface area contributed by atoms with Crippen molar-refractivity contribution in [1.29, 1.82) is 0 Å². The smallest absolute Gasteiger partial charge is 0.222 e. The summed E-state index contributed by atoms with van der Waals surface area (Å²) in [4.78, 5) is 14.0. The molecule has 1 aliphatic rings. The number of amides is 1. The lowest BCUT2D eigenvalue weighted by Crippen LogP contribution is -2.27. The number of likely N-dealkylation sites (tertiary alicyclic amines) is 1. The lowest BCUT2D eigenvalue weighted by Gasteiger charge is -2.14. The van der Waals surface area contributed by atoms with E-state index >= 15 is 0 Å². The summed E-state index contributed by atoms with van der Waals surface area (Å²) in [6, 6.07) is 0. The lowest BCUT2D eigenvalue weighted by atomic mass is 10.0. The predicted octanol–water partition coefficient (Wildman–Crippen LogP) is 9.77. The molecule has 0 spiro atoms. The van der Waals surface area contributed by atoms with Crippen molar-refractivity contribution in [3.8, 4) is 0 Å². The van der Waals surface area contributed by atoms with Gasteiger partial charge in [-0.3, -0.25) is 4.79 Å². The van der Waals surface area contributed by atoms with Crippen LogP contribution in [0.2, 0.25) is 0 Å². The van der Waals surface area contributed by atoms with Crippen LogP contribution in [0.4, 0.5) is 0 Å². The van der Waals surface area contributed by atoms with Crippen LogP contribution in [-0.2, 0) is 4.79 Å². The molecule has 1 heterocycles. The Balaban J connectivity index is 1.68. The zero-order chi connectivity index (χ0) is 23.0. The highest BCUT2D eigenvalue weighted by atomic mass is 16.2. The summed E-state index contributed by atoms with van der Waals surface area (Å²) in [5.41, 5.74) is 0. The molecule has 1 aliphatic heterocycles. The van der Waals surface area contributed by atoms with Gasteiger partial charge in [-0.2, -0.15) is 0 Å². The molecule has 1 rings (SSSR count). The molecule has 0 N–H and O–H groups in total. The molecular formula is C30H57NO. The first-order chi connectivity index (χ1) is 15.8. The first-order valence-electron chi connectivity index (χ1n) is 14.8. The van der Waals surface area contributed by atoms with Gasteiger partial charge in [0.2, 0.25) is 5.91 Å². The molecule has 0 radical (unpaired) electrons. The molecule has 188 valence electrons. The molecule has 0 aliphatic carbocycles. The summed E-state index contributed by atoms with van der Waals surface area (Å²) in [7, 11) is 0. The van der Waals surface area contributed by atoms with Crippen LogP contribution in [0, 0.1) is 0 Å². The molecule has 0 aromatic rings. The summed E-state index contributed by atoms with van der Waals surface area (Å²) in [5, 5.41) is 0. The fourth-order valence-corrected chi connectivity index (χ4v) is 4.89. The highest BCUT2D eigenvalue weighted by Crippen LogP contribution is 2.15. The minimum atomic E-state index is 0.405. The van der Waals surface area contributed by atoms with Gasteiger partial charge in [0.15, 0.2) is 0 Å². The van der Waals surface area contributed by atoms with Crippen molar-refractivity contribution in [1.82, 2.24) is 4.90 Å². The number of nitrogens with zero attached hydrogens (tertiary/aromatic N) is 1. The van der Waals surface area contributed by atoms with Gasteiger partial charge in [-0.25, -0.2) is 0 Å². The molecule has 0 aromatic heterocycles. The van der Waals surface area contributed by atoms with Gasteiger partial charge in [0.25, 0.3) is 0 Å². The van der Waals surface area contributed by atoms with Crippen molar-refractivity contribution < 1.29 is 4.79 Å². The van der Waals surface area contributed by atoms with E-state index in [0.29, 0.717) is 5.91 Å². The number of carbonyl (C=O) groups excluding carboxylic acids is 1. The fourth-order valence-electron chi connectivity index (χ4n) is 4.89. The molecule has 2 heteroatoms. The van der Waals surface area contributed by atoms with Crippen LogP contribution in [0.3, 0.4) is 0 Å². The molecular weight excluding hydrogens is 390 g/mol. The van der Waals surface area contributed by atoms with Crippen LogP contribution < -0.4 is 0 Å². The second kappa shape index (κ2) is 23.4. The summed E-state index contributed by atoms with van der Waals surface area (Å²) >= 11 is 0. The van der Waals surface area contributed by atoms with Crippen molar-refractivity contribution in [3.05, 3.63) is 12.2 Å². The third kappa shape index (κ3) is 18.8. The summed E-state index contributed by atoms with van der Waals surface area (Å²) in [5.74, 6) is 0.405. The van der Waals surface area contributed by atoms with Crippen LogP contribution in [0.25, 0.3) is 0 Å². The maximum absolute atomic E-state index is 12.0. The average Bonchev–Trinajstić information content (AvgIpc) is 3.34. The SMILES string of the molecule is CCCCCCCC/C=C\CCCCCCCCCCCCCCCC(=O)N1CCCC1. The summed E-state index contributed by atoms with van der Waals surface area (Å²) in [6.07, 6.45) is 36.9. The Kier molecular flexibility index (Phi) is 21.4. The van der Waals surface area contributed by atoms with Crippen molar-refractivity contribution in [2.75, 3.05) is 13.1 Å². The Labute approximate surface area is 202 Å². The predicted molar refractivity (Wildman–Crippen MR) is 142 cm³/mol. The van der Waals surface area contributed by atoms with E-state index in [-0.39, 0.29) is 0 Å². The third-order valence-corrected chi connectivity index (χ3v) is 7.11. The highest BCUT2D eigenvalue weighted by molar-refractivity contribution is 5.76. The summed E-state index contributed by atoms with van der Waals surface area (Å²) < 4.78 is 0. The van der Waals surface area contributed by atoms with Crippen molar-refractivity contribution in [2.45, 2.75) is 161 Å². The van der Waals surface area contributed by atoms with Gasteiger partial charge in [-0.15, -0.1) is 0 Å².